The van der Waals surface area contributed by atoms with E-state index >= 15 is 0 Å². The predicted octanol–water partition coefficient (Wildman–Crippen LogP) is 4.92. The summed E-state index contributed by atoms with van der Waals surface area (Å²) in [4.78, 5) is 37.2. The molecule has 252 valence electrons. The van der Waals surface area contributed by atoms with Crippen molar-refractivity contribution < 1.29 is 28.8 Å². The fourth-order valence-corrected chi connectivity index (χ4v) is 5.83. The number of benzene rings is 1. The minimum Gasteiger partial charge on any atom is -0.633 e. The maximum Gasteiger partial charge on any atom is 0.410 e. The molecular formula is C31H42Cl2N6O7. The second-order valence-electron chi connectivity index (χ2n) is 13.0. The molecule has 0 aliphatic carbocycles. The summed E-state index contributed by atoms with van der Waals surface area (Å²) in [7, 11) is 2.89. The van der Waals surface area contributed by atoms with E-state index in [0.717, 1.165) is 0 Å². The highest BCUT2D eigenvalue weighted by atomic mass is 35.5. The summed E-state index contributed by atoms with van der Waals surface area (Å²) in [5.41, 5.74) is -1.35. The normalized spacial score (nSPS) is 15.2. The second kappa shape index (κ2) is 13.8. The molecule has 0 bridgehead atoms. The monoisotopic (exact) mass is 680 g/mol. The summed E-state index contributed by atoms with van der Waals surface area (Å²) >= 11 is 13.4. The van der Waals surface area contributed by atoms with Crippen molar-refractivity contribution in [2.45, 2.75) is 58.8 Å². The van der Waals surface area contributed by atoms with E-state index in [2.05, 4.69) is 15.3 Å². The number of anilines is 1. The molecule has 1 aliphatic rings. The van der Waals surface area contributed by atoms with Gasteiger partial charge < -0.3 is 34.5 Å². The third-order valence-electron chi connectivity index (χ3n) is 7.50. The Bertz CT molecular complexity index is 1620. The Morgan fingerprint density at radius 3 is 2.24 bits per heavy atom. The van der Waals surface area contributed by atoms with E-state index in [9.17, 15) is 19.9 Å². The zero-order valence-corrected chi connectivity index (χ0v) is 28.8. The molecule has 3 heterocycles. The highest BCUT2D eigenvalue weighted by molar-refractivity contribution is 6.41. The molecule has 1 aliphatic heterocycles. The molecule has 46 heavy (non-hydrogen) atoms. The van der Waals surface area contributed by atoms with E-state index in [1.165, 1.54) is 24.9 Å². The molecule has 0 spiro atoms. The molecule has 0 atom stereocenters. The van der Waals surface area contributed by atoms with Crippen LogP contribution in [0.5, 0.6) is 11.5 Å². The largest absolute Gasteiger partial charge is 0.633 e. The highest BCUT2D eigenvalue weighted by Crippen LogP contribution is 2.45. The van der Waals surface area contributed by atoms with Crippen molar-refractivity contribution in [2.24, 2.45) is 0 Å². The van der Waals surface area contributed by atoms with Gasteiger partial charge in [0.05, 0.1) is 68.2 Å². The number of hydrogen-bond donors (Lipinski definition) is 2. The molecule has 1 fully saturated rings. The number of halogens is 2. The molecule has 1 aromatic carbocycles. The highest BCUT2D eigenvalue weighted by Gasteiger charge is 2.31. The van der Waals surface area contributed by atoms with E-state index in [1.807, 2.05) is 0 Å². The number of hydroxylamine groups is 3. The number of nitrogens with zero attached hydrogens (tertiary/aromatic N) is 5. The molecule has 4 rings (SSSR count). The number of aryl methyl sites for hydroxylation is 1. The first kappa shape index (κ1) is 35.5. The summed E-state index contributed by atoms with van der Waals surface area (Å²) in [5.74, 6) is 0.768. The summed E-state index contributed by atoms with van der Waals surface area (Å²) in [6, 6.07) is 3.15. The minimum absolute atomic E-state index is 0.132. The Labute approximate surface area is 278 Å². The van der Waals surface area contributed by atoms with Crippen LogP contribution in [0.15, 0.2) is 23.1 Å². The first-order valence-corrected chi connectivity index (χ1v) is 15.7. The van der Waals surface area contributed by atoms with Gasteiger partial charge in [-0.2, -0.15) is 4.98 Å². The molecule has 2 N–H and O–H groups in total. The van der Waals surface area contributed by atoms with Crippen LogP contribution >= 0.6 is 23.2 Å². The van der Waals surface area contributed by atoms with Crippen LogP contribution in [-0.2, 0) is 11.3 Å². The number of carbonyl (C=O) groups excluding carboxylic acids is 1. The lowest BCUT2D eigenvalue weighted by Crippen LogP contribution is -2.58. The maximum absolute atomic E-state index is 14.2. The van der Waals surface area contributed by atoms with Crippen LogP contribution in [0.3, 0.4) is 0 Å². The summed E-state index contributed by atoms with van der Waals surface area (Å²) in [6.45, 7) is 10.2. The number of fused-ring (bicyclic) bond motifs is 1. The zero-order chi connectivity index (χ0) is 34.0. The van der Waals surface area contributed by atoms with Crippen molar-refractivity contribution in [3.8, 4) is 22.6 Å². The number of pyridine rings is 1. The summed E-state index contributed by atoms with van der Waals surface area (Å²) < 4.78 is 17.3. The number of ether oxygens (including phenoxy) is 3. The molecule has 0 unspecified atom stereocenters. The quantitative estimate of drug-likeness (QED) is 0.223. The Hall–Kier alpha value is -3.36. The number of amides is 1. The topological polar surface area (TPSA) is 151 Å². The van der Waals surface area contributed by atoms with E-state index in [1.54, 1.807) is 51.8 Å². The van der Waals surface area contributed by atoms with Crippen LogP contribution in [0.1, 0.15) is 41.0 Å². The van der Waals surface area contributed by atoms with Gasteiger partial charge in [0.1, 0.15) is 22.7 Å². The first-order valence-electron chi connectivity index (χ1n) is 15.0. The van der Waals surface area contributed by atoms with Gasteiger partial charge in [0, 0.05) is 42.7 Å². The number of methoxy groups -OCH3 is 2. The number of quaternary nitrogens is 1. The van der Waals surface area contributed by atoms with Gasteiger partial charge in [0.15, 0.2) is 0 Å². The van der Waals surface area contributed by atoms with E-state index in [-0.39, 0.29) is 84.4 Å². The molecule has 2 aromatic heterocycles. The van der Waals surface area contributed by atoms with Gasteiger partial charge >= 0.3 is 6.09 Å². The van der Waals surface area contributed by atoms with Crippen LogP contribution in [-0.4, -0.2) is 100.0 Å². The van der Waals surface area contributed by atoms with Gasteiger partial charge in [-0.1, -0.05) is 23.2 Å². The predicted molar refractivity (Wildman–Crippen MR) is 178 cm³/mol. The van der Waals surface area contributed by atoms with E-state index in [0.29, 0.717) is 17.5 Å². The van der Waals surface area contributed by atoms with Gasteiger partial charge in [0.2, 0.25) is 5.95 Å². The second-order valence-corrected chi connectivity index (χ2v) is 13.7. The zero-order valence-electron chi connectivity index (χ0n) is 27.3. The third-order valence-corrected chi connectivity index (χ3v) is 8.25. The Morgan fingerprint density at radius 2 is 1.70 bits per heavy atom. The minimum atomic E-state index is -1.03. The number of piperazine rings is 1. The van der Waals surface area contributed by atoms with Gasteiger partial charge in [-0.05, 0) is 40.7 Å². The van der Waals surface area contributed by atoms with Crippen molar-refractivity contribution in [1.29, 1.82) is 0 Å². The smallest absolute Gasteiger partial charge is 0.410 e. The van der Waals surface area contributed by atoms with Crippen molar-refractivity contribution in [3.63, 3.8) is 0 Å². The van der Waals surface area contributed by atoms with Crippen molar-refractivity contribution in [2.75, 3.05) is 58.8 Å². The average Bonchev–Trinajstić information content (AvgIpc) is 2.97. The summed E-state index contributed by atoms with van der Waals surface area (Å²) in [5, 5.41) is 27.6. The van der Waals surface area contributed by atoms with Crippen LogP contribution in [0.25, 0.3) is 22.2 Å². The lowest BCUT2D eigenvalue weighted by Gasteiger charge is -2.48. The fraction of sp³-hybridized carbons (Fsp3) is 0.548. The van der Waals surface area contributed by atoms with Crippen molar-refractivity contribution in [1.82, 2.24) is 19.4 Å². The maximum atomic E-state index is 14.2. The first-order chi connectivity index (χ1) is 21.4. The van der Waals surface area contributed by atoms with Gasteiger partial charge in [-0.3, -0.25) is 14.3 Å². The molecular weight excluding hydrogens is 639 g/mol. The van der Waals surface area contributed by atoms with Crippen LogP contribution < -0.4 is 20.3 Å². The van der Waals surface area contributed by atoms with Crippen LogP contribution in [0.2, 0.25) is 10.0 Å². The SMILES string of the molecule is COc1cc(OC)c(Cl)c(-c2cc3cnc(NCC(C)(C)O)nc3n(CCC[N+]3([O-])CCN(C(=O)OC(C)(C)C)CC3)c2=O)c1Cl. The van der Waals surface area contributed by atoms with Crippen LogP contribution in [0, 0.1) is 5.21 Å². The lowest BCUT2D eigenvalue weighted by atomic mass is 10.0. The van der Waals surface area contributed by atoms with Gasteiger partial charge in [-0.15, -0.1) is 0 Å². The van der Waals surface area contributed by atoms with Gasteiger partial charge in [0.25, 0.3) is 5.56 Å². The third kappa shape index (κ3) is 8.31. The van der Waals surface area contributed by atoms with Gasteiger partial charge in [-0.25, -0.2) is 9.78 Å². The van der Waals surface area contributed by atoms with E-state index in [4.69, 9.17) is 37.4 Å². The molecule has 1 saturated heterocycles. The summed E-state index contributed by atoms with van der Waals surface area (Å²) in [6.07, 6.45) is 1.47. The molecule has 13 nitrogen and oxygen atoms in total. The fourth-order valence-electron chi connectivity index (χ4n) is 5.13. The van der Waals surface area contributed by atoms with Crippen LogP contribution in [0.4, 0.5) is 10.7 Å². The number of rotatable bonds is 10. The van der Waals surface area contributed by atoms with Crippen molar-refractivity contribution in [3.05, 3.63) is 43.9 Å². The molecule has 15 heteroatoms. The number of aromatic nitrogens is 3. The molecule has 3 aromatic rings. The average molecular weight is 682 g/mol. The molecule has 1 amide bonds. The number of nitrogens with one attached hydrogen (secondary N) is 1. The Balaban J connectivity index is 1.68. The number of carbonyl (C=O) groups is 1. The standard InChI is InChI=1S/C31H42Cl2N6O7/c1-30(2,3)46-29(41)37-10-13-39(43,14-11-37)12-8-9-38-26-19(17-34-28(36-26)35-18-31(4,5)42)15-20(27(38)40)23-24(32)21(44-6)16-22(45-7)25(23)33/h15-17,42H,8-14,18H2,1-7H3,(H,34,35,36). The number of aliphatic hydroxyl groups is 1. The Morgan fingerprint density at radius 1 is 1.09 bits per heavy atom. The lowest BCUT2D eigenvalue weighted by molar-refractivity contribution is -0.884. The Kier molecular flexibility index (Phi) is 10.6. The molecule has 0 radical (unpaired) electrons. The van der Waals surface area contributed by atoms with E-state index < -0.39 is 27.5 Å². The number of hydrogen-bond acceptors (Lipinski definition) is 10. The molecule has 0 saturated carbocycles. The van der Waals surface area contributed by atoms with Crippen molar-refractivity contribution >= 4 is 46.3 Å².